The minimum absolute atomic E-state index is 0.352. The highest BCUT2D eigenvalue weighted by Crippen LogP contribution is 2.25. The number of rotatable bonds is 5. The fourth-order valence-electron chi connectivity index (χ4n) is 1.92. The van der Waals surface area contributed by atoms with Gasteiger partial charge in [0, 0.05) is 5.56 Å². The van der Waals surface area contributed by atoms with Gasteiger partial charge in [-0.3, -0.25) is 0 Å². The minimum Gasteiger partial charge on any atom is -0.459 e. The Morgan fingerprint density at radius 1 is 1.53 bits per heavy atom. The Kier molecular flexibility index (Phi) is 3.35. The van der Waals surface area contributed by atoms with Crippen LogP contribution in [-0.2, 0) is 4.74 Å². The van der Waals surface area contributed by atoms with Gasteiger partial charge in [-0.05, 0) is 32.3 Å². The quantitative estimate of drug-likeness (QED) is 0.889. The van der Waals surface area contributed by atoms with Crippen LogP contribution in [0, 0.1) is 6.92 Å². The van der Waals surface area contributed by atoms with E-state index in [0.717, 1.165) is 18.4 Å². The van der Waals surface area contributed by atoms with E-state index < -0.39 is 0 Å². The number of ether oxygens (including phenoxy) is 1. The van der Waals surface area contributed by atoms with Gasteiger partial charge in [-0.25, -0.2) is 0 Å². The number of nitrogens with two attached hydrogens (primary N) is 1. The van der Waals surface area contributed by atoms with Gasteiger partial charge in [0.05, 0.1) is 25.0 Å². The highest BCUT2D eigenvalue weighted by Gasteiger charge is 2.22. The molecule has 1 saturated carbocycles. The molecule has 1 fully saturated rings. The van der Waals surface area contributed by atoms with Crippen molar-refractivity contribution in [2.24, 2.45) is 5.73 Å². The molecule has 2 heterocycles. The third kappa shape index (κ3) is 2.54. The van der Waals surface area contributed by atoms with Crippen molar-refractivity contribution in [3.8, 4) is 11.7 Å². The third-order valence-electron chi connectivity index (χ3n) is 3.39. The largest absolute Gasteiger partial charge is 0.459 e. The first-order valence-corrected chi connectivity index (χ1v) is 6.49. The fourth-order valence-corrected chi connectivity index (χ4v) is 1.92. The Morgan fingerprint density at radius 3 is 3.00 bits per heavy atom. The molecule has 0 aliphatic heterocycles. The summed E-state index contributed by atoms with van der Waals surface area (Å²) in [5, 5.41) is 3.88. The van der Waals surface area contributed by atoms with E-state index in [1.54, 1.807) is 6.26 Å². The molecular formula is C13H17N3O3. The SMILES string of the molecule is Cc1ccoc1-c1nc(C(N)COC2CCC2)no1. The molecule has 2 aromatic rings. The lowest BCUT2D eigenvalue weighted by molar-refractivity contribution is -0.00549. The number of aryl methyl sites for hydroxylation is 1. The Balaban J connectivity index is 1.65. The van der Waals surface area contributed by atoms with Crippen LogP contribution in [0.4, 0.5) is 0 Å². The van der Waals surface area contributed by atoms with E-state index >= 15 is 0 Å². The molecule has 3 rings (SSSR count). The molecule has 0 aromatic carbocycles. The zero-order chi connectivity index (χ0) is 13.2. The second-order valence-corrected chi connectivity index (χ2v) is 4.88. The maximum atomic E-state index is 5.99. The molecule has 0 saturated heterocycles. The van der Waals surface area contributed by atoms with Crippen molar-refractivity contribution in [2.75, 3.05) is 6.61 Å². The maximum Gasteiger partial charge on any atom is 0.293 e. The van der Waals surface area contributed by atoms with E-state index in [2.05, 4.69) is 10.1 Å². The summed E-state index contributed by atoms with van der Waals surface area (Å²) in [7, 11) is 0. The van der Waals surface area contributed by atoms with Gasteiger partial charge in [0.15, 0.2) is 11.6 Å². The van der Waals surface area contributed by atoms with Crippen molar-refractivity contribution >= 4 is 0 Å². The van der Waals surface area contributed by atoms with Crippen LogP contribution in [0.2, 0.25) is 0 Å². The molecule has 102 valence electrons. The van der Waals surface area contributed by atoms with Gasteiger partial charge in [-0.15, -0.1) is 0 Å². The van der Waals surface area contributed by atoms with Crippen LogP contribution in [0.15, 0.2) is 21.3 Å². The molecule has 2 N–H and O–H groups in total. The molecule has 19 heavy (non-hydrogen) atoms. The molecule has 0 spiro atoms. The Hall–Kier alpha value is -1.66. The molecule has 0 amide bonds. The lowest BCUT2D eigenvalue weighted by Gasteiger charge is -2.26. The third-order valence-corrected chi connectivity index (χ3v) is 3.39. The van der Waals surface area contributed by atoms with E-state index in [4.69, 9.17) is 19.4 Å². The van der Waals surface area contributed by atoms with Crippen LogP contribution in [0.5, 0.6) is 0 Å². The van der Waals surface area contributed by atoms with Crippen LogP contribution in [0.25, 0.3) is 11.7 Å². The second-order valence-electron chi connectivity index (χ2n) is 4.88. The molecule has 0 bridgehead atoms. The zero-order valence-electron chi connectivity index (χ0n) is 10.8. The summed E-state index contributed by atoms with van der Waals surface area (Å²) in [6.45, 7) is 2.34. The van der Waals surface area contributed by atoms with Gasteiger partial charge in [0.2, 0.25) is 0 Å². The summed E-state index contributed by atoms with van der Waals surface area (Å²) in [6.07, 6.45) is 5.42. The maximum absolute atomic E-state index is 5.99. The van der Waals surface area contributed by atoms with Crippen LogP contribution in [0.1, 0.15) is 36.7 Å². The minimum atomic E-state index is -0.367. The number of hydrogen-bond acceptors (Lipinski definition) is 6. The molecule has 6 heteroatoms. The number of aromatic nitrogens is 2. The summed E-state index contributed by atoms with van der Waals surface area (Å²) in [6, 6.07) is 1.48. The summed E-state index contributed by atoms with van der Waals surface area (Å²) < 4.78 is 16.1. The van der Waals surface area contributed by atoms with Crippen molar-refractivity contribution in [1.82, 2.24) is 10.1 Å². The Labute approximate surface area is 110 Å². The number of nitrogens with zero attached hydrogens (tertiary/aromatic N) is 2. The first-order valence-electron chi connectivity index (χ1n) is 6.49. The first kappa shape index (κ1) is 12.4. The molecule has 2 aromatic heterocycles. The van der Waals surface area contributed by atoms with E-state index in [-0.39, 0.29) is 6.04 Å². The zero-order valence-corrected chi connectivity index (χ0v) is 10.8. The van der Waals surface area contributed by atoms with Crippen LogP contribution in [-0.4, -0.2) is 22.9 Å². The Bertz CT molecular complexity index is 545. The van der Waals surface area contributed by atoms with Gasteiger partial charge in [-0.1, -0.05) is 5.16 Å². The smallest absolute Gasteiger partial charge is 0.293 e. The summed E-state index contributed by atoms with van der Waals surface area (Å²) in [4.78, 5) is 4.26. The van der Waals surface area contributed by atoms with Crippen molar-refractivity contribution in [3.63, 3.8) is 0 Å². The molecule has 0 radical (unpaired) electrons. The fraction of sp³-hybridized carbons (Fsp3) is 0.538. The summed E-state index contributed by atoms with van der Waals surface area (Å²) in [5.41, 5.74) is 6.94. The monoisotopic (exact) mass is 263 g/mol. The molecule has 1 aliphatic carbocycles. The van der Waals surface area contributed by atoms with Crippen LogP contribution in [0.3, 0.4) is 0 Å². The van der Waals surface area contributed by atoms with Gasteiger partial charge >= 0.3 is 0 Å². The predicted octanol–water partition coefficient (Wildman–Crippen LogP) is 2.21. The van der Waals surface area contributed by atoms with Crippen LogP contribution >= 0.6 is 0 Å². The first-order chi connectivity index (χ1) is 9.24. The van der Waals surface area contributed by atoms with E-state index in [1.165, 1.54) is 6.42 Å². The van der Waals surface area contributed by atoms with Crippen LogP contribution < -0.4 is 5.73 Å². The van der Waals surface area contributed by atoms with E-state index in [1.807, 2.05) is 13.0 Å². The van der Waals surface area contributed by atoms with Gasteiger partial charge in [-0.2, -0.15) is 4.98 Å². The van der Waals surface area contributed by atoms with Gasteiger partial charge in [0.25, 0.3) is 5.89 Å². The van der Waals surface area contributed by atoms with Crippen molar-refractivity contribution < 1.29 is 13.7 Å². The van der Waals surface area contributed by atoms with E-state index in [0.29, 0.717) is 30.2 Å². The van der Waals surface area contributed by atoms with Crippen molar-refractivity contribution in [1.29, 1.82) is 0 Å². The topological polar surface area (TPSA) is 87.3 Å². The summed E-state index contributed by atoms with van der Waals surface area (Å²) >= 11 is 0. The van der Waals surface area contributed by atoms with Gasteiger partial charge < -0.3 is 19.4 Å². The highest BCUT2D eigenvalue weighted by atomic mass is 16.5. The number of hydrogen-bond donors (Lipinski definition) is 1. The molecule has 1 atom stereocenters. The Morgan fingerprint density at radius 2 is 2.37 bits per heavy atom. The van der Waals surface area contributed by atoms with Crippen molar-refractivity contribution in [2.45, 2.75) is 38.3 Å². The van der Waals surface area contributed by atoms with Gasteiger partial charge in [0.1, 0.15) is 0 Å². The molecule has 1 aliphatic rings. The second kappa shape index (κ2) is 5.14. The van der Waals surface area contributed by atoms with Crippen molar-refractivity contribution in [3.05, 3.63) is 23.7 Å². The normalized spacial score (nSPS) is 17.4. The molecule has 6 nitrogen and oxygen atoms in total. The number of furan rings is 1. The standard InChI is InChI=1S/C13H17N3O3/c1-8-5-6-17-11(8)13-15-12(16-19-13)10(14)7-18-9-3-2-4-9/h5-6,9-10H,2-4,7,14H2,1H3. The predicted molar refractivity (Wildman–Crippen MR) is 67.3 cm³/mol. The van der Waals surface area contributed by atoms with E-state index in [9.17, 15) is 0 Å². The molecular weight excluding hydrogens is 246 g/mol. The lowest BCUT2D eigenvalue weighted by Crippen LogP contribution is -2.27. The lowest BCUT2D eigenvalue weighted by atomic mass is 9.96. The average molecular weight is 263 g/mol. The average Bonchev–Trinajstić information content (AvgIpc) is 2.94. The summed E-state index contributed by atoms with van der Waals surface area (Å²) in [5.74, 6) is 1.40. The highest BCUT2D eigenvalue weighted by molar-refractivity contribution is 5.49. The molecule has 1 unspecified atom stereocenters.